The Morgan fingerprint density at radius 3 is 2.54 bits per heavy atom. The Balaban J connectivity index is 1.72. The molecule has 2 heterocycles. The first-order chi connectivity index (χ1) is 16.7. The smallest absolute Gasteiger partial charge is 0.255 e. The van der Waals surface area contributed by atoms with Crippen molar-refractivity contribution in [3.63, 3.8) is 0 Å². The summed E-state index contributed by atoms with van der Waals surface area (Å²) in [6.07, 6.45) is 4.15. The zero-order valence-electron chi connectivity index (χ0n) is 19.4. The molecule has 2 aromatic carbocycles. The number of hydrogen-bond donors (Lipinski definition) is 1. The van der Waals surface area contributed by atoms with Gasteiger partial charge in [0.1, 0.15) is 9.84 Å². The van der Waals surface area contributed by atoms with Crippen LogP contribution in [0.25, 0.3) is 0 Å². The van der Waals surface area contributed by atoms with Crippen LogP contribution in [-0.2, 0) is 9.84 Å². The molecule has 0 aliphatic carbocycles. The van der Waals surface area contributed by atoms with Gasteiger partial charge in [-0.25, -0.2) is 8.42 Å². The third kappa shape index (κ3) is 5.85. The fourth-order valence-corrected chi connectivity index (χ4v) is 5.63. The van der Waals surface area contributed by atoms with Crippen LogP contribution < -0.4 is 5.73 Å². The fraction of sp³-hybridized carbons (Fsp3) is 0.269. The summed E-state index contributed by atoms with van der Waals surface area (Å²) in [7, 11) is -3.35. The molecule has 35 heavy (non-hydrogen) atoms. The second-order valence-corrected chi connectivity index (χ2v) is 11.0. The van der Waals surface area contributed by atoms with Crippen molar-refractivity contribution in [2.45, 2.75) is 12.1 Å². The standard InChI is InChI=1S/C26H27N5O3S/c1-35(33,34)18-24-17-30(26(32)22-13-23(28)16-29-15-22)10-11-31(24)25(20-7-3-2-4-8-20)21-9-5-6-19(12-21)14-27/h2-9,12-13,15-16,24-25H,10-11,17-18,28H2,1H3. The Morgan fingerprint density at radius 1 is 1.11 bits per heavy atom. The van der Waals surface area contributed by atoms with Crippen molar-refractivity contribution >= 4 is 21.4 Å². The van der Waals surface area contributed by atoms with Gasteiger partial charge >= 0.3 is 0 Å². The number of aromatic nitrogens is 1. The van der Waals surface area contributed by atoms with Crippen molar-refractivity contribution in [1.29, 1.82) is 5.26 Å². The van der Waals surface area contributed by atoms with E-state index < -0.39 is 15.9 Å². The lowest BCUT2D eigenvalue weighted by molar-refractivity contribution is 0.0435. The maximum absolute atomic E-state index is 13.2. The number of hydrogen-bond acceptors (Lipinski definition) is 7. The second kappa shape index (κ2) is 10.3. The molecule has 9 heteroatoms. The van der Waals surface area contributed by atoms with E-state index in [0.717, 1.165) is 11.1 Å². The van der Waals surface area contributed by atoms with Crippen LogP contribution in [0.5, 0.6) is 0 Å². The zero-order valence-corrected chi connectivity index (χ0v) is 20.2. The number of amides is 1. The van der Waals surface area contributed by atoms with E-state index in [0.29, 0.717) is 29.9 Å². The minimum absolute atomic E-state index is 0.104. The van der Waals surface area contributed by atoms with Crippen LogP contribution in [0.2, 0.25) is 0 Å². The average molecular weight is 490 g/mol. The first-order valence-electron chi connectivity index (χ1n) is 11.2. The third-order valence-electron chi connectivity index (χ3n) is 6.10. The van der Waals surface area contributed by atoms with Gasteiger partial charge in [0.05, 0.1) is 34.7 Å². The van der Waals surface area contributed by atoms with Crippen LogP contribution in [0.3, 0.4) is 0 Å². The summed E-state index contributed by atoms with van der Waals surface area (Å²) in [5, 5.41) is 9.45. The third-order valence-corrected chi connectivity index (χ3v) is 7.09. The van der Waals surface area contributed by atoms with Crippen molar-refractivity contribution < 1.29 is 13.2 Å². The van der Waals surface area contributed by atoms with Crippen LogP contribution in [0, 0.1) is 11.3 Å². The number of pyridine rings is 1. The molecule has 1 amide bonds. The van der Waals surface area contributed by atoms with E-state index in [1.165, 1.54) is 18.6 Å². The fourth-order valence-electron chi connectivity index (χ4n) is 4.64. The molecule has 180 valence electrons. The molecule has 1 aliphatic heterocycles. The molecule has 0 spiro atoms. The van der Waals surface area contributed by atoms with Crippen LogP contribution in [0.1, 0.15) is 33.1 Å². The number of anilines is 1. The van der Waals surface area contributed by atoms with Gasteiger partial charge in [0.25, 0.3) is 5.91 Å². The maximum atomic E-state index is 13.2. The predicted octanol–water partition coefficient (Wildman–Crippen LogP) is 2.50. The summed E-state index contributed by atoms with van der Waals surface area (Å²) in [5.74, 6) is -0.335. The first-order valence-corrected chi connectivity index (χ1v) is 13.3. The number of nitrogens with zero attached hydrogens (tertiary/aromatic N) is 4. The lowest BCUT2D eigenvalue weighted by Crippen LogP contribution is -2.57. The highest BCUT2D eigenvalue weighted by Crippen LogP contribution is 2.33. The monoisotopic (exact) mass is 489 g/mol. The minimum atomic E-state index is -3.35. The van der Waals surface area contributed by atoms with Gasteiger partial charge in [0.2, 0.25) is 0 Å². The summed E-state index contributed by atoms with van der Waals surface area (Å²) < 4.78 is 24.9. The van der Waals surface area contributed by atoms with E-state index in [-0.39, 0.29) is 24.2 Å². The second-order valence-electron chi connectivity index (χ2n) is 8.79. The number of piperazine rings is 1. The molecule has 0 bridgehead atoms. The van der Waals surface area contributed by atoms with E-state index in [4.69, 9.17) is 5.73 Å². The Morgan fingerprint density at radius 2 is 1.86 bits per heavy atom. The molecule has 0 saturated carbocycles. The lowest BCUT2D eigenvalue weighted by atomic mass is 9.93. The van der Waals surface area contributed by atoms with Crippen molar-refractivity contribution in [3.05, 3.63) is 95.3 Å². The highest BCUT2D eigenvalue weighted by Gasteiger charge is 2.37. The number of sulfone groups is 1. The van der Waals surface area contributed by atoms with Gasteiger partial charge in [-0.2, -0.15) is 5.26 Å². The summed E-state index contributed by atoms with van der Waals surface area (Å²) in [5.41, 5.74) is 8.99. The van der Waals surface area contributed by atoms with Gasteiger partial charge in [0, 0.05) is 44.3 Å². The maximum Gasteiger partial charge on any atom is 0.255 e. The molecule has 1 saturated heterocycles. The number of nitrogens with two attached hydrogens (primary N) is 1. The lowest BCUT2D eigenvalue weighted by Gasteiger charge is -2.45. The molecule has 2 unspecified atom stereocenters. The van der Waals surface area contributed by atoms with Gasteiger partial charge in [0.15, 0.2) is 0 Å². The van der Waals surface area contributed by atoms with E-state index >= 15 is 0 Å². The van der Waals surface area contributed by atoms with E-state index in [1.807, 2.05) is 48.5 Å². The molecule has 4 rings (SSSR count). The zero-order chi connectivity index (χ0) is 25.0. The molecule has 2 atom stereocenters. The van der Waals surface area contributed by atoms with Crippen molar-refractivity contribution in [2.75, 3.05) is 37.4 Å². The van der Waals surface area contributed by atoms with E-state index in [9.17, 15) is 18.5 Å². The average Bonchev–Trinajstić information content (AvgIpc) is 2.84. The van der Waals surface area contributed by atoms with Gasteiger partial charge in [-0.15, -0.1) is 0 Å². The van der Waals surface area contributed by atoms with Gasteiger partial charge in [-0.05, 0) is 29.3 Å². The SMILES string of the molecule is CS(=O)(=O)CC1CN(C(=O)c2cncc(N)c2)CCN1C(c1ccccc1)c1cccc(C#N)c1. The quantitative estimate of drug-likeness (QED) is 0.565. The number of benzene rings is 2. The largest absolute Gasteiger partial charge is 0.397 e. The molecule has 1 aliphatic rings. The summed E-state index contributed by atoms with van der Waals surface area (Å²) >= 11 is 0. The van der Waals surface area contributed by atoms with Crippen molar-refractivity contribution in [1.82, 2.24) is 14.8 Å². The molecule has 1 aromatic heterocycles. The van der Waals surface area contributed by atoms with Crippen LogP contribution in [0.4, 0.5) is 5.69 Å². The Bertz CT molecular complexity index is 1350. The number of nitrogen functional groups attached to an aromatic ring is 1. The number of rotatable bonds is 6. The highest BCUT2D eigenvalue weighted by atomic mass is 32.2. The van der Waals surface area contributed by atoms with Crippen LogP contribution in [-0.4, -0.2) is 66.8 Å². The van der Waals surface area contributed by atoms with Crippen molar-refractivity contribution in [3.8, 4) is 6.07 Å². The Labute approximate surface area is 205 Å². The predicted molar refractivity (Wildman–Crippen MR) is 134 cm³/mol. The van der Waals surface area contributed by atoms with Crippen LogP contribution >= 0.6 is 0 Å². The van der Waals surface area contributed by atoms with Crippen LogP contribution in [0.15, 0.2) is 73.1 Å². The molecule has 3 aromatic rings. The number of carbonyl (C=O) groups is 1. The normalized spacial score (nSPS) is 17.5. The van der Waals surface area contributed by atoms with E-state index in [1.54, 1.807) is 17.0 Å². The van der Waals surface area contributed by atoms with Gasteiger partial charge in [-0.3, -0.25) is 14.7 Å². The van der Waals surface area contributed by atoms with Gasteiger partial charge < -0.3 is 10.6 Å². The Kier molecular flexibility index (Phi) is 7.15. The summed E-state index contributed by atoms with van der Waals surface area (Å²) in [4.78, 5) is 21.0. The molecule has 8 nitrogen and oxygen atoms in total. The molecular formula is C26H27N5O3S. The highest BCUT2D eigenvalue weighted by molar-refractivity contribution is 7.90. The Hall–Kier alpha value is -3.74. The molecule has 1 fully saturated rings. The number of carbonyl (C=O) groups excluding carboxylic acids is 1. The van der Waals surface area contributed by atoms with Crippen molar-refractivity contribution in [2.24, 2.45) is 0 Å². The number of nitriles is 1. The molecular weight excluding hydrogens is 462 g/mol. The molecule has 2 N–H and O–H groups in total. The summed E-state index contributed by atoms with van der Waals surface area (Å²) in [6, 6.07) is 20.2. The minimum Gasteiger partial charge on any atom is -0.397 e. The first kappa shape index (κ1) is 24.4. The van der Waals surface area contributed by atoms with E-state index in [2.05, 4.69) is 16.0 Å². The van der Waals surface area contributed by atoms with Gasteiger partial charge in [-0.1, -0.05) is 42.5 Å². The molecule has 0 radical (unpaired) electrons. The summed E-state index contributed by atoms with van der Waals surface area (Å²) in [6.45, 7) is 1.11. The topological polar surface area (TPSA) is 120 Å².